The Hall–Kier alpha value is -1.88. The van der Waals surface area contributed by atoms with E-state index in [1.54, 1.807) is 18.2 Å². The number of rotatable bonds is 1. The van der Waals surface area contributed by atoms with Crippen molar-refractivity contribution in [1.82, 2.24) is 9.97 Å². The molecule has 1 aromatic carbocycles. The zero-order valence-corrected chi connectivity index (χ0v) is 9.15. The number of nitrogen functional groups attached to an aromatic ring is 1. The quantitative estimate of drug-likeness (QED) is 0.603. The fourth-order valence-corrected chi connectivity index (χ4v) is 1.60. The Morgan fingerprint density at radius 1 is 1.44 bits per heavy atom. The van der Waals surface area contributed by atoms with Gasteiger partial charge in [-0.1, -0.05) is 11.6 Å². The van der Waals surface area contributed by atoms with Crippen molar-refractivity contribution >= 4 is 34.4 Å². The van der Waals surface area contributed by atoms with Gasteiger partial charge in [0.15, 0.2) is 0 Å². The summed E-state index contributed by atoms with van der Waals surface area (Å²) in [7, 11) is 1.31. The number of carbonyl (C=O) groups excluding carboxylic acids is 1. The summed E-state index contributed by atoms with van der Waals surface area (Å²) < 4.78 is 4.60. The predicted octanol–water partition coefficient (Wildman–Crippen LogP) is 1.65. The van der Waals surface area contributed by atoms with E-state index in [1.165, 1.54) is 7.11 Å². The number of fused-ring (bicyclic) bond motifs is 1. The lowest BCUT2D eigenvalue weighted by atomic mass is 10.1. The normalized spacial score (nSPS) is 10.4. The van der Waals surface area contributed by atoms with E-state index < -0.39 is 5.97 Å². The van der Waals surface area contributed by atoms with E-state index >= 15 is 0 Å². The lowest BCUT2D eigenvalue weighted by molar-refractivity contribution is 0.0601. The number of ether oxygens (including phenoxy) is 1. The number of benzene rings is 1. The van der Waals surface area contributed by atoms with Crippen LogP contribution in [0.3, 0.4) is 0 Å². The summed E-state index contributed by atoms with van der Waals surface area (Å²) in [6.07, 6.45) is 0. The molecular formula is C10H8ClN3O2. The monoisotopic (exact) mass is 237 g/mol. The van der Waals surface area contributed by atoms with Gasteiger partial charge in [0.2, 0.25) is 5.95 Å². The topological polar surface area (TPSA) is 78.1 Å². The first-order chi connectivity index (χ1) is 7.61. The van der Waals surface area contributed by atoms with E-state index in [0.717, 1.165) is 0 Å². The fourth-order valence-electron chi connectivity index (χ4n) is 1.35. The van der Waals surface area contributed by atoms with Crippen molar-refractivity contribution in [3.63, 3.8) is 0 Å². The van der Waals surface area contributed by atoms with Crippen LogP contribution in [0.2, 0.25) is 5.15 Å². The van der Waals surface area contributed by atoms with Gasteiger partial charge < -0.3 is 10.5 Å². The zero-order chi connectivity index (χ0) is 11.7. The van der Waals surface area contributed by atoms with Crippen LogP contribution in [0.5, 0.6) is 0 Å². The van der Waals surface area contributed by atoms with Gasteiger partial charge in [-0.25, -0.2) is 14.8 Å². The van der Waals surface area contributed by atoms with Crippen LogP contribution >= 0.6 is 11.6 Å². The molecule has 0 radical (unpaired) electrons. The van der Waals surface area contributed by atoms with Gasteiger partial charge in [-0.15, -0.1) is 0 Å². The van der Waals surface area contributed by atoms with Crippen LogP contribution in [0.4, 0.5) is 5.95 Å². The second kappa shape index (κ2) is 3.94. The molecule has 5 nitrogen and oxygen atoms in total. The third-order valence-corrected chi connectivity index (χ3v) is 2.38. The van der Waals surface area contributed by atoms with Gasteiger partial charge in [0.25, 0.3) is 0 Å². The van der Waals surface area contributed by atoms with Gasteiger partial charge in [-0.05, 0) is 18.2 Å². The highest BCUT2D eigenvalue weighted by Gasteiger charge is 2.09. The number of anilines is 1. The van der Waals surface area contributed by atoms with Crippen molar-refractivity contribution in [2.24, 2.45) is 0 Å². The molecule has 1 aromatic heterocycles. The highest BCUT2D eigenvalue weighted by atomic mass is 35.5. The van der Waals surface area contributed by atoms with Crippen molar-refractivity contribution in [1.29, 1.82) is 0 Å². The summed E-state index contributed by atoms with van der Waals surface area (Å²) in [5.74, 6) is -0.366. The molecule has 0 unspecified atom stereocenters. The van der Waals surface area contributed by atoms with E-state index in [2.05, 4.69) is 14.7 Å². The molecule has 2 rings (SSSR count). The molecule has 0 saturated carbocycles. The highest BCUT2D eigenvalue weighted by Crippen LogP contribution is 2.22. The summed E-state index contributed by atoms with van der Waals surface area (Å²) in [5, 5.41) is 0.905. The molecule has 0 bridgehead atoms. The molecule has 16 heavy (non-hydrogen) atoms. The smallest absolute Gasteiger partial charge is 0.337 e. The number of halogens is 1. The maximum Gasteiger partial charge on any atom is 0.337 e. The van der Waals surface area contributed by atoms with E-state index in [1.807, 2.05) is 0 Å². The van der Waals surface area contributed by atoms with E-state index in [9.17, 15) is 4.79 Å². The molecule has 0 aliphatic heterocycles. The second-order valence-corrected chi connectivity index (χ2v) is 3.45. The van der Waals surface area contributed by atoms with Crippen molar-refractivity contribution in [3.05, 3.63) is 28.9 Å². The van der Waals surface area contributed by atoms with Gasteiger partial charge >= 0.3 is 5.97 Å². The Labute approximate surface area is 96.2 Å². The van der Waals surface area contributed by atoms with Crippen LogP contribution in [0.25, 0.3) is 10.9 Å². The van der Waals surface area contributed by atoms with Gasteiger partial charge in [0.05, 0.1) is 18.2 Å². The maximum absolute atomic E-state index is 11.3. The number of methoxy groups -OCH3 is 1. The minimum absolute atomic E-state index is 0.0690. The number of nitrogens with zero attached hydrogens (tertiary/aromatic N) is 2. The molecule has 0 aliphatic carbocycles. The fraction of sp³-hybridized carbons (Fsp3) is 0.100. The third-order valence-electron chi connectivity index (χ3n) is 2.09. The largest absolute Gasteiger partial charge is 0.465 e. The number of esters is 1. The zero-order valence-electron chi connectivity index (χ0n) is 8.40. The number of carbonyl (C=O) groups is 1. The van der Waals surface area contributed by atoms with E-state index in [-0.39, 0.29) is 11.1 Å². The lowest BCUT2D eigenvalue weighted by Crippen LogP contribution is -2.02. The number of hydrogen-bond acceptors (Lipinski definition) is 5. The van der Waals surface area contributed by atoms with Crippen molar-refractivity contribution in [2.45, 2.75) is 0 Å². The third kappa shape index (κ3) is 1.77. The number of aromatic nitrogens is 2. The van der Waals surface area contributed by atoms with Crippen molar-refractivity contribution in [2.75, 3.05) is 12.8 Å². The Morgan fingerprint density at radius 2 is 2.19 bits per heavy atom. The average Bonchev–Trinajstić information content (AvgIpc) is 2.27. The standard InChI is InChI=1S/C10H8ClN3O2/c1-16-9(15)5-2-3-6-7(4-5)13-10(12)14-8(6)11/h2-4H,1H3,(H2,12,13,14). The van der Waals surface area contributed by atoms with Crippen LogP contribution in [0.1, 0.15) is 10.4 Å². The van der Waals surface area contributed by atoms with E-state index in [4.69, 9.17) is 17.3 Å². The molecule has 0 aliphatic rings. The van der Waals surface area contributed by atoms with Crippen LogP contribution in [-0.4, -0.2) is 23.0 Å². The summed E-state index contributed by atoms with van der Waals surface area (Å²) >= 11 is 5.88. The highest BCUT2D eigenvalue weighted by molar-refractivity contribution is 6.34. The molecule has 2 N–H and O–H groups in total. The first kappa shape index (κ1) is 10.6. The average molecular weight is 238 g/mol. The molecular weight excluding hydrogens is 230 g/mol. The minimum atomic E-state index is -0.435. The Morgan fingerprint density at radius 3 is 2.88 bits per heavy atom. The van der Waals surface area contributed by atoms with Gasteiger partial charge in [-0.3, -0.25) is 0 Å². The molecule has 82 valence electrons. The van der Waals surface area contributed by atoms with Crippen LogP contribution in [-0.2, 0) is 4.74 Å². The molecule has 1 heterocycles. The van der Waals surface area contributed by atoms with Crippen molar-refractivity contribution < 1.29 is 9.53 Å². The first-order valence-corrected chi connectivity index (χ1v) is 4.80. The molecule has 0 saturated heterocycles. The van der Waals surface area contributed by atoms with Crippen LogP contribution in [0, 0.1) is 0 Å². The SMILES string of the molecule is COC(=O)c1ccc2c(Cl)nc(N)nc2c1. The summed E-state index contributed by atoms with van der Waals surface area (Å²) in [6, 6.07) is 4.81. The maximum atomic E-state index is 11.3. The summed E-state index contributed by atoms with van der Waals surface area (Å²) in [6.45, 7) is 0. The lowest BCUT2D eigenvalue weighted by Gasteiger charge is -2.03. The molecule has 0 fully saturated rings. The predicted molar refractivity (Wildman–Crippen MR) is 60.3 cm³/mol. The first-order valence-electron chi connectivity index (χ1n) is 4.43. The molecule has 0 atom stereocenters. The van der Waals surface area contributed by atoms with Crippen LogP contribution in [0.15, 0.2) is 18.2 Å². The van der Waals surface area contributed by atoms with Gasteiger partial charge in [0, 0.05) is 5.39 Å². The van der Waals surface area contributed by atoms with Gasteiger partial charge in [0.1, 0.15) is 5.15 Å². The molecule has 6 heteroatoms. The van der Waals surface area contributed by atoms with Crippen LogP contribution < -0.4 is 5.73 Å². The Balaban J connectivity index is 2.66. The molecule has 2 aromatic rings. The van der Waals surface area contributed by atoms with Crippen molar-refractivity contribution in [3.8, 4) is 0 Å². The number of hydrogen-bond donors (Lipinski definition) is 1. The second-order valence-electron chi connectivity index (χ2n) is 3.10. The molecule has 0 amide bonds. The Kier molecular flexibility index (Phi) is 2.62. The summed E-state index contributed by atoms with van der Waals surface area (Å²) in [5.41, 5.74) is 6.37. The van der Waals surface area contributed by atoms with E-state index in [0.29, 0.717) is 16.5 Å². The number of nitrogens with two attached hydrogens (primary N) is 1. The molecule has 0 spiro atoms. The summed E-state index contributed by atoms with van der Waals surface area (Å²) in [4.78, 5) is 19.1. The van der Waals surface area contributed by atoms with Gasteiger partial charge in [-0.2, -0.15) is 0 Å². The Bertz CT molecular complexity index is 571. The minimum Gasteiger partial charge on any atom is -0.465 e.